The van der Waals surface area contributed by atoms with Gasteiger partial charge in [0.05, 0.1) is 15.7 Å². The van der Waals surface area contributed by atoms with Crippen LogP contribution in [0.25, 0.3) is 0 Å². The van der Waals surface area contributed by atoms with Crippen molar-refractivity contribution in [3.8, 4) is 6.07 Å². The maximum Gasteiger partial charge on any atom is 0.161 e. The molecular weight excluding hydrogens is 309 g/mol. The number of anilines is 1. The zero-order valence-electron chi connectivity index (χ0n) is 10.6. The van der Waals surface area contributed by atoms with Crippen LogP contribution in [0, 0.1) is 23.1 Å². The summed E-state index contributed by atoms with van der Waals surface area (Å²) in [6, 6.07) is 5.41. The zero-order valence-corrected chi connectivity index (χ0v) is 12.2. The smallest absolute Gasteiger partial charge is 0.161 e. The molecule has 1 aliphatic carbocycles. The van der Waals surface area contributed by atoms with Crippen LogP contribution in [-0.2, 0) is 0 Å². The van der Waals surface area contributed by atoms with Crippen molar-refractivity contribution in [1.29, 1.82) is 5.26 Å². The minimum Gasteiger partial charge on any atom is -0.380 e. The average Bonchev–Trinajstić information content (AvgIpc) is 2.45. The molecule has 0 aromatic heterocycles. The highest BCUT2D eigenvalue weighted by molar-refractivity contribution is 9.10. The van der Waals surface area contributed by atoms with Gasteiger partial charge in [0.2, 0.25) is 0 Å². The van der Waals surface area contributed by atoms with Gasteiger partial charge in [-0.15, -0.1) is 0 Å². The Hall–Kier alpha value is -1.12. The van der Waals surface area contributed by atoms with E-state index in [9.17, 15) is 4.39 Å². The molecule has 102 valence electrons. The Morgan fingerprint density at radius 1 is 1.42 bits per heavy atom. The standard InChI is InChI=1S/C14H17BrFN3/c15-13-10(8-18)5-6-12(14(13)16)19-11-4-2-1-3-9(11)7-17/h5-6,9,11,19H,1-4,7,17H2. The average molecular weight is 326 g/mol. The number of nitrogens with two attached hydrogens (primary N) is 1. The molecule has 2 rings (SSSR count). The summed E-state index contributed by atoms with van der Waals surface area (Å²) < 4.78 is 14.4. The number of hydrogen-bond donors (Lipinski definition) is 2. The summed E-state index contributed by atoms with van der Waals surface area (Å²) in [5.74, 6) is -0.0111. The Balaban J connectivity index is 2.19. The van der Waals surface area contributed by atoms with Crippen LogP contribution in [0.3, 0.4) is 0 Å². The molecule has 0 heterocycles. The van der Waals surface area contributed by atoms with Crippen molar-refractivity contribution in [1.82, 2.24) is 0 Å². The minimum absolute atomic E-state index is 0.216. The van der Waals surface area contributed by atoms with Gasteiger partial charge in [0.25, 0.3) is 0 Å². The second kappa shape index (κ2) is 6.36. The number of nitriles is 1. The van der Waals surface area contributed by atoms with Gasteiger partial charge in [-0.3, -0.25) is 0 Å². The van der Waals surface area contributed by atoms with Crippen molar-refractivity contribution < 1.29 is 4.39 Å². The third-order valence-electron chi connectivity index (χ3n) is 3.76. The molecule has 1 aliphatic rings. The van der Waals surface area contributed by atoms with E-state index in [4.69, 9.17) is 11.0 Å². The molecule has 3 N–H and O–H groups in total. The number of rotatable bonds is 3. The molecule has 0 aliphatic heterocycles. The Bertz CT molecular complexity index is 498. The van der Waals surface area contributed by atoms with Gasteiger partial charge in [-0.05, 0) is 53.4 Å². The summed E-state index contributed by atoms with van der Waals surface area (Å²) in [7, 11) is 0. The summed E-state index contributed by atoms with van der Waals surface area (Å²) in [6.45, 7) is 0.622. The van der Waals surface area contributed by atoms with Crippen molar-refractivity contribution in [2.45, 2.75) is 31.7 Å². The fraction of sp³-hybridized carbons (Fsp3) is 0.500. The number of hydrogen-bond acceptors (Lipinski definition) is 3. The molecule has 3 nitrogen and oxygen atoms in total. The van der Waals surface area contributed by atoms with Crippen LogP contribution in [-0.4, -0.2) is 12.6 Å². The SMILES string of the molecule is N#Cc1ccc(NC2CCCCC2CN)c(F)c1Br. The van der Waals surface area contributed by atoms with Crippen molar-refractivity contribution in [3.63, 3.8) is 0 Å². The molecule has 1 aromatic carbocycles. The van der Waals surface area contributed by atoms with E-state index in [-0.39, 0.29) is 10.5 Å². The molecule has 1 fully saturated rings. The number of halogens is 2. The lowest BCUT2D eigenvalue weighted by Crippen LogP contribution is -2.37. The van der Waals surface area contributed by atoms with E-state index in [1.165, 1.54) is 6.42 Å². The molecule has 2 atom stereocenters. The maximum atomic E-state index is 14.1. The molecule has 0 saturated heterocycles. The quantitative estimate of drug-likeness (QED) is 0.895. The Morgan fingerprint density at radius 2 is 2.16 bits per heavy atom. The Kier molecular flexibility index (Phi) is 4.78. The highest BCUT2D eigenvalue weighted by Crippen LogP contribution is 2.31. The summed E-state index contributed by atoms with van der Waals surface area (Å²) in [5.41, 5.74) is 6.52. The van der Waals surface area contributed by atoms with Crippen LogP contribution < -0.4 is 11.1 Å². The van der Waals surface area contributed by atoms with Crippen molar-refractivity contribution in [2.24, 2.45) is 11.7 Å². The molecule has 0 spiro atoms. The summed E-state index contributed by atoms with van der Waals surface area (Å²) in [4.78, 5) is 0. The van der Waals surface area contributed by atoms with Gasteiger partial charge in [0.1, 0.15) is 6.07 Å². The normalized spacial score (nSPS) is 22.8. The van der Waals surface area contributed by atoms with Gasteiger partial charge in [0.15, 0.2) is 5.82 Å². The third-order valence-corrected chi connectivity index (χ3v) is 4.53. The first-order chi connectivity index (χ1) is 9.17. The van der Waals surface area contributed by atoms with Gasteiger partial charge in [0, 0.05) is 6.04 Å². The van der Waals surface area contributed by atoms with E-state index >= 15 is 0 Å². The Labute approximate surface area is 121 Å². The first-order valence-corrected chi connectivity index (χ1v) is 7.31. The second-order valence-electron chi connectivity index (χ2n) is 4.93. The molecule has 19 heavy (non-hydrogen) atoms. The van der Waals surface area contributed by atoms with Crippen LogP contribution in [0.1, 0.15) is 31.2 Å². The molecule has 1 saturated carbocycles. The van der Waals surface area contributed by atoms with Crippen molar-refractivity contribution in [2.75, 3.05) is 11.9 Å². The van der Waals surface area contributed by atoms with E-state index in [0.29, 0.717) is 23.7 Å². The van der Waals surface area contributed by atoms with Crippen LogP contribution in [0.15, 0.2) is 16.6 Å². The predicted molar refractivity (Wildman–Crippen MR) is 77.2 cm³/mol. The molecule has 0 amide bonds. The molecular formula is C14H17BrFN3. The summed E-state index contributed by atoms with van der Waals surface area (Å²) in [5, 5.41) is 12.1. The highest BCUT2D eigenvalue weighted by Gasteiger charge is 2.25. The monoisotopic (exact) mass is 325 g/mol. The molecule has 5 heteroatoms. The van der Waals surface area contributed by atoms with E-state index in [1.54, 1.807) is 12.1 Å². The fourth-order valence-electron chi connectivity index (χ4n) is 2.63. The van der Waals surface area contributed by atoms with Gasteiger partial charge in [-0.25, -0.2) is 4.39 Å². The van der Waals surface area contributed by atoms with E-state index in [2.05, 4.69) is 21.2 Å². The van der Waals surface area contributed by atoms with Gasteiger partial charge >= 0.3 is 0 Å². The minimum atomic E-state index is -0.402. The molecule has 0 bridgehead atoms. The Morgan fingerprint density at radius 3 is 2.84 bits per heavy atom. The fourth-order valence-corrected chi connectivity index (χ4v) is 3.06. The molecule has 0 radical (unpaired) electrons. The van der Waals surface area contributed by atoms with E-state index in [0.717, 1.165) is 19.3 Å². The first kappa shape index (κ1) is 14.3. The number of nitrogens with zero attached hydrogens (tertiary/aromatic N) is 1. The lowest BCUT2D eigenvalue weighted by molar-refractivity contribution is 0.332. The van der Waals surface area contributed by atoms with E-state index < -0.39 is 5.82 Å². The van der Waals surface area contributed by atoms with Crippen LogP contribution in [0.4, 0.5) is 10.1 Å². The summed E-state index contributed by atoms with van der Waals surface area (Å²) in [6.07, 6.45) is 4.44. The lowest BCUT2D eigenvalue weighted by atomic mass is 9.84. The predicted octanol–water partition coefficient (Wildman–Crippen LogP) is 3.39. The van der Waals surface area contributed by atoms with Crippen LogP contribution >= 0.6 is 15.9 Å². The third kappa shape index (κ3) is 3.07. The van der Waals surface area contributed by atoms with Crippen LogP contribution in [0.5, 0.6) is 0 Å². The number of nitrogens with one attached hydrogen (secondary N) is 1. The van der Waals surface area contributed by atoms with Crippen LogP contribution in [0.2, 0.25) is 0 Å². The molecule has 1 aromatic rings. The van der Waals surface area contributed by atoms with Gasteiger partial charge < -0.3 is 11.1 Å². The largest absolute Gasteiger partial charge is 0.380 e. The topological polar surface area (TPSA) is 61.8 Å². The highest BCUT2D eigenvalue weighted by atomic mass is 79.9. The lowest BCUT2D eigenvalue weighted by Gasteiger charge is -2.32. The molecule has 2 unspecified atom stereocenters. The van der Waals surface area contributed by atoms with E-state index in [1.807, 2.05) is 6.07 Å². The summed E-state index contributed by atoms with van der Waals surface area (Å²) >= 11 is 3.13. The van der Waals surface area contributed by atoms with Gasteiger partial charge in [-0.2, -0.15) is 5.26 Å². The van der Waals surface area contributed by atoms with Crippen molar-refractivity contribution in [3.05, 3.63) is 28.0 Å². The second-order valence-corrected chi connectivity index (χ2v) is 5.72. The maximum absolute atomic E-state index is 14.1. The van der Waals surface area contributed by atoms with Crippen molar-refractivity contribution >= 4 is 21.6 Å². The first-order valence-electron chi connectivity index (χ1n) is 6.52. The number of benzene rings is 1. The zero-order chi connectivity index (χ0) is 13.8. The van der Waals surface area contributed by atoms with Gasteiger partial charge in [-0.1, -0.05) is 12.8 Å².